The Bertz CT molecular complexity index is 1430. The van der Waals surface area contributed by atoms with Crippen molar-refractivity contribution < 1.29 is 0 Å². The molecule has 41 heavy (non-hydrogen) atoms. The van der Waals surface area contributed by atoms with Crippen LogP contribution in [0, 0.1) is 10.8 Å². The van der Waals surface area contributed by atoms with E-state index in [0.717, 1.165) is 5.52 Å². The fraction of sp³-hybridized carbons (Fsp3) is 0.514. The van der Waals surface area contributed by atoms with E-state index < -0.39 is 0 Å². The Hall–Kier alpha value is -2.31. The fourth-order valence-corrected chi connectivity index (χ4v) is 6.97. The van der Waals surface area contributed by atoms with Crippen molar-refractivity contribution in [1.29, 1.82) is 0 Å². The molecule has 2 aliphatic carbocycles. The second-order valence-corrected chi connectivity index (χ2v) is 16.8. The number of hydrogen-bond acceptors (Lipinski definition) is 5. The molecule has 3 heterocycles. The van der Waals surface area contributed by atoms with Crippen LogP contribution in [-0.2, 0) is 12.5 Å². The molecule has 6 rings (SSSR count). The van der Waals surface area contributed by atoms with E-state index in [1.54, 1.807) is 0 Å². The molecule has 4 aliphatic rings. The Labute approximate surface area is 256 Å². The fourth-order valence-electron chi connectivity index (χ4n) is 4.99. The zero-order valence-corrected chi connectivity index (χ0v) is 28.4. The van der Waals surface area contributed by atoms with Gasteiger partial charge in [-0.1, -0.05) is 105 Å². The standard InChI is InChI=1S/C12H16N2.C12H17NS.C11H15NS/c1-12(2,3)10-5-6-11-9(7-10)8-14(4)13-11;1-8-13-10-6-5-9(12(2,3)4)7-11(10)14-8;1-11(2,3)8-4-5-9-10(6-8)13-7-12-9/h5-8H,1-4H3;5-7,10-11H,1-4H3;4-7,9-10H,1-3H3. The molecule has 1 aromatic carbocycles. The third-order valence-electron chi connectivity index (χ3n) is 7.61. The van der Waals surface area contributed by atoms with E-state index >= 15 is 0 Å². The summed E-state index contributed by atoms with van der Waals surface area (Å²) in [6, 6.07) is 7.27. The normalized spacial score (nSPS) is 24.9. The van der Waals surface area contributed by atoms with Gasteiger partial charge in [-0.25, -0.2) is 0 Å². The minimum atomic E-state index is 0.212. The largest absolute Gasteiger partial charge is 0.277 e. The van der Waals surface area contributed by atoms with Crippen molar-refractivity contribution in [2.24, 2.45) is 27.9 Å². The number of aryl methyl sites for hydroxylation is 1. The maximum Gasteiger partial charge on any atom is 0.0923 e. The van der Waals surface area contributed by atoms with Crippen LogP contribution in [0.4, 0.5) is 0 Å². The van der Waals surface area contributed by atoms with Gasteiger partial charge in [0.15, 0.2) is 0 Å². The molecular formula is C35H48N4S2. The van der Waals surface area contributed by atoms with E-state index in [0.29, 0.717) is 22.6 Å². The van der Waals surface area contributed by atoms with Crippen LogP contribution in [0.5, 0.6) is 0 Å². The summed E-state index contributed by atoms with van der Waals surface area (Å²) < 4.78 is 1.86. The minimum Gasteiger partial charge on any atom is -0.277 e. The van der Waals surface area contributed by atoms with Gasteiger partial charge in [-0.05, 0) is 52.0 Å². The highest BCUT2D eigenvalue weighted by molar-refractivity contribution is 8.14. The van der Waals surface area contributed by atoms with Gasteiger partial charge < -0.3 is 0 Å². The number of aliphatic imine (C=N–C) groups is 2. The monoisotopic (exact) mass is 588 g/mol. The van der Waals surface area contributed by atoms with Crippen LogP contribution in [0.15, 0.2) is 82.0 Å². The number of benzene rings is 1. The smallest absolute Gasteiger partial charge is 0.0923 e. The van der Waals surface area contributed by atoms with E-state index in [1.807, 2.05) is 40.8 Å². The Morgan fingerprint density at radius 3 is 2.00 bits per heavy atom. The first kappa shape index (κ1) is 31.6. The van der Waals surface area contributed by atoms with Crippen LogP contribution in [0.25, 0.3) is 10.9 Å². The predicted octanol–water partition coefficient (Wildman–Crippen LogP) is 9.34. The molecule has 0 fully saturated rings. The lowest BCUT2D eigenvalue weighted by atomic mass is 9.83. The number of thioether (sulfide) groups is 2. The molecule has 0 bridgehead atoms. The maximum absolute atomic E-state index is 4.58. The average molecular weight is 589 g/mol. The van der Waals surface area contributed by atoms with Crippen LogP contribution in [0.3, 0.4) is 0 Å². The predicted molar refractivity (Wildman–Crippen MR) is 185 cm³/mol. The van der Waals surface area contributed by atoms with Gasteiger partial charge >= 0.3 is 0 Å². The molecule has 0 amide bonds. The molecule has 6 heteroatoms. The number of fused-ring (bicyclic) bond motifs is 3. The van der Waals surface area contributed by atoms with Crippen LogP contribution in [0.1, 0.15) is 74.8 Å². The number of aromatic nitrogens is 2. The Kier molecular flexibility index (Phi) is 9.35. The zero-order valence-electron chi connectivity index (χ0n) is 26.8. The molecule has 0 N–H and O–H groups in total. The molecular weight excluding hydrogens is 541 g/mol. The summed E-state index contributed by atoms with van der Waals surface area (Å²) in [5.41, 5.74) is 8.02. The molecule has 0 saturated carbocycles. The Morgan fingerprint density at radius 2 is 1.39 bits per heavy atom. The first-order valence-corrected chi connectivity index (χ1v) is 16.5. The van der Waals surface area contributed by atoms with Gasteiger partial charge in [0.25, 0.3) is 0 Å². The maximum atomic E-state index is 4.58. The van der Waals surface area contributed by atoms with Crippen LogP contribution < -0.4 is 0 Å². The highest BCUT2D eigenvalue weighted by Gasteiger charge is 2.30. The molecule has 4 unspecified atom stereocenters. The molecule has 0 radical (unpaired) electrons. The van der Waals surface area contributed by atoms with Gasteiger partial charge in [0.2, 0.25) is 0 Å². The van der Waals surface area contributed by atoms with Gasteiger partial charge in [-0.2, -0.15) is 5.10 Å². The second-order valence-electron chi connectivity index (χ2n) is 14.4. The van der Waals surface area contributed by atoms with E-state index in [-0.39, 0.29) is 16.2 Å². The highest BCUT2D eigenvalue weighted by atomic mass is 32.2. The van der Waals surface area contributed by atoms with Crippen LogP contribution >= 0.6 is 23.5 Å². The van der Waals surface area contributed by atoms with Crippen molar-refractivity contribution in [3.05, 3.63) is 77.6 Å². The highest BCUT2D eigenvalue weighted by Crippen LogP contribution is 2.38. The van der Waals surface area contributed by atoms with Crippen molar-refractivity contribution in [3.63, 3.8) is 0 Å². The molecule has 2 aromatic rings. The zero-order chi connectivity index (χ0) is 30.2. The first-order chi connectivity index (χ1) is 19.0. The summed E-state index contributed by atoms with van der Waals surface area (Å²) in [5.74, 6) is 0. The van der Waals surface area contributed by atoms with Crippen molar-refractivity contribution in [2.45, 2.75) is 97.2 Å². The second kappa shape index (κ2) is 12.1. The number of allylic oxidation sites excluding steroid dienone is 4. The molecule has 1 aromatic heterocycles. The third kappa shape index (κ3) is 8.16. The summed E-state index contributed by atoms with van der Waals surface area (Å²) >= 11 is 3.72. The van der Waals surface area contributed by atoms with Gasteiger partial charge in [-0.3, -0.25) is 14.7 Å². The third-order valence-corrected chi connectivity index (χ3v) is 9.72. The molecule has 2 aliphatic heterocycles. The van der Waals surface area contributed by atoms with Crippen LogP contribution in [-0.4, -0.2) is 43.0 Å². The van der Waals surface area contributed by atoms with Gasteiger partial charge in [-0.15, -0.1) is 23.5 Å². The first-order valence-electron chi connectivity index (χ1n) is 14.6. The van der Waals surface area contributed by atoms with Crippen LogP contribution in [0.2, 0.25) is 0 Å². The van der Waals surface area contributed by atoms with Gasteiger partial charge in [0.05, 0.1) is 38.7 Å². The molecule has 0 saturated heterocycles. The van der Waals surface area contributed by atoms with Gasteiger partial charge in [0, 0.05) is 18.6 Å². The lowest BCUT2D eigenvalue weighted by Crippen LogP contribution is -2.20. The number of nitrogens with zero attached hydrogens (tertiary/aromatic N) is 4. The number of rotatable bonds is 0. The summed E-state index contributed by atoms with van der Waals surface area (Å²) in [6.07, 6.45) is 15.7. The number of hydrogen-bond donors (Lipinski definition) is 0. The summed E-state index contributed by atoms with van der Waals surface area (Å²) in [7, 11) is 1.96. The lowest BCUT2D eigenvalue weighted by molar-refractivity contribution is 0.511. The topological polar surface area (TPSA) is 42.5 Å². The molecule has 4 atom stereocenters. The van der Waals surface area contributed by atoms with E-state index in [1.165, 1.54) is 27.1 Å². The van der Waals surface area contributed by atoms with Crippen molar-refractivity contribution >= 4 is 45.0 Å². The van der Waals surface area contributed by atoms with Gasteiger partial charge in [0.1, 0.15) is 0 Å². The summed E-state index contributed by atoms with van der Waals surface area (Å²) in [5, 5.41) is 7.90. The summed E-state index contributed by atoms with van der Waals surface area (Å²) in [6.45, 7) is 22.3. The minimum absolute atomic E-state index is 0.212. The SMILES string of the molecule is CC(C)(C)C1=CC2SC=NC2C=C1.CC1=NC2C=CC(C(C)(C)C)=CC2S1.Cn1cc2cc(C(C)(C)C)ccc2n1. The van der Waals surface area contributed by atoms with Crippen molar-refractivity contribution in [1.82, 2.24) is 9.78 Å². The van der Waals surface area contributed by atoms with E-state index in [2.05, 4.69) is 145 Å². The lowest BCUT2D eigenvalue weighted by Gasteiger charge is -2.26. The van der Waals surface area contributed by atoms with Crippen molar-refractivity contribution in [3.8, 4) is 0 Å². The molecule has 220 valence electrons. The Balaban J connectivity index is 0.000000142. The molecule has 4 nitrogen and oxygen atoms in total. The quantitative estimate of drug-likeness (QED) is 0.308. The summed E-state index contributed by atoms with van der Waals surface area (Å²) in [4.78, 5) is 8.96. The Morgan fingerprint density at radius 1 is 0.780 bits per heavy atom. The average Bonchev–Trinajstić information content (AvgIpc) is 3.57. The molecule has 0 spiro atoms. The van der Waals surface area contributed by atoms with E-state index in [4.69, 9.17) is 0 Å². The van der Waals surface area contributed by atoms with E-state index in [9.17, 15) is 0 Å². The van der Waals surface area contributed by atoms with Crippen molar-refractivity contribution in [2.75, 3.05) is 0 Å².